The Morgan fingerprint density at radius 1 is 0.569 bits per heavy atom. The van der Waals surface area contributed by atoms with Gasteiger partial charge in [-0.3, -0.25) is 9.59 Å². The first kappa shape index (κ1) is 50.9. The van der Waals surface area contributed by atoms with Crippen LogP contribution in [0.15, 0.2) is 107 Å². The molecule has 1 fully saturated rings. The second kappa shape index (κ2) is 20.8. The molecule has 326 valence electrons. The summed E-state index contributed by atoms with van der Waals surface area (Å²) in [5, 5.41) is 4.74. The van der Waals surface area contributed by atoms with Crippen LogP contribution in [0.2, 0.25) is 58.9 Å². The molecular weight excluding hydrogens is 912 g/mol. The number of fused-ring (bicyclic) bond motifs is 12. The Morgan fingerprint density at radius 3 is 1.25 bits per heavy atom. The third kappa shape index (κ3) is 11.1. The van der Waals surface area contributed by atoms with E-state index < -0.39 is 24.2 Å². The minimum absolute atomic E-state index is 0. The molecule has 2 nitrogen and oxygen atoms in total. The molecule has 4 unspecified atom stereocenters. The Balaban J connectivity index is 0.000000183. The summed E-state index contributed by atoms with van der Waals surface area (Å²) in [5.41, 5.74) is 14.6. The van der Waals surface area contributed by atoms with E-state index in [4.69, 9.17) is 6.42 Å². The fourth-order valence-electron chi connectivity index (χ4n) is 7.73. The topological polar surface area (TPSA) is 34.1 Å². The first-order chi connectivity index (χ1) is 30.4. The molecule has 0 radical (unpaired) electrons. The average Bonchev–Trinajstić information content (AvgIpc) is 4.04. The van der Waals surface area contributed by atoms with Crippen LogP contribution in [-0.4, -0.2) is 46.3 Å². The van der Waals surface area contributed by atoms with Crippen LogP contribution < -0.4 is 18.9 Å². The summed E-state index contributed by atoms with van der Waals surface area (Å²) in [6.45, 7) is 26.1. The van der Waals surface area contributed by atoms with Gasteiger partial charge in [0.25, 0.3) is 0 Å². The number of hydrogen-bond donors (Lipinski definition) is 0. The third-order valence-corrected chi connectivity index (χ3v) is 18.6. The van der Waals surface area contributed by atoms with Crippen LogP contribution in [0, 0.1) is 41.8 Å². The molecule has 3 aliphatic rings. The maximum Gasteiger partial charge on any atom is 1.00 e. The number of Topliss-reactive ketones (excluding diaryl/α,β-unsaturated/α-hetero) is 2. The van der Waals surface area contributed by atoms with Crippen molar-refractivity contribution in [3.05, 3.63) is 126 Å². The van der Waals surface area contributed by atoms with Crippen LogP contribution >= 0.6 is 46.2 Å². The molecule has 0 saturated heterocycles. The zero-order chi connectivity index (χ0) is 46.1. The molecule has 0 bridgehead atoms. The molecule has 0 spiro atoms. The molecule has 10 heteroatoms. The molecule has 4 atom stereocenters. The van der Waals surface area contributed by atoms with Gasteiger partial charge in [-0.15, -0.1) is 69.3 Å². The Hall–Kier alpha value is -3.49. The van der Waals surface area contributed by atoms with Crippen molar-refractivity contribution in [2.45, 2.75) is 111 Å². The Morgan fingerprint density at radius 2 is 0.908 bits per heavy atom. The molecule has 0 amide bonds. The largest absolute Gasteiger partial charge is 1.00 e. The van der Waals surface area contributed by atoms with Crippen LogP contribution in [0.3, 0.4) is 0 Å². The quantitative estimate of drug-likeness (QED) is 0.0933. The van der Waals surface area contributed by atoms with Crippen LogP contribution in [-0.2, 0) is 9.59 Å². The molecule has 0 N–H and O–H groups in total. The van der Waals surface area contributed by atoms with E-state index in [9.17, 15) is 9.59 Å². The van der Waals surface area contributed by atoms with E-state index in [1.165, 1.54) is 57.9 Å². The summed E-state index contributed by atoms with van der Waals surface area (Å²) in [4.78, 5) is 28.3. The summed E-state index contributed by atoms with van der Waals surface area (Å²) in [6.07, 6.45) is 7.40. The summed E-state index contributed by atoms with van der Waals surface area (Å²) >= 11 is 6.90. The SMILES string of the molecule is C#C[Si](C)(C)C.C[Si](C)(C)C#Cc1c2sc3ccccc3c2c(C#C[Si](C)(C)C)c2sc3ccccc3c12.O=C1C2Sc3ccccc3C2C(=O)C2Sc3ccccc3C12.[CH2-]CCC.[Li+]. The maximum atomic E-state index is 13.1. The minimum Gasteiger partial charge on any atom is -0.343 e. The van der Waals surface area contributed by atoms with Gasteiger partial charge in [0.2, 0.25) is 0 Å². The van der Waals surface area contributed by atoms with Crippen LogP contribution in [0.25, 0.3) is 40.3 Å². The van der Waals surface area contributed by atoms with Crippen LogP contribution in [0.1, 0.15) is 53.9 Å². The third-order valence-electron chi connectivity index (χ3n) is 10.9. The second-order valence-corrected chi connectivity index (χ2v) is 38.3. The molecule has 1 aliphatic carbocycles. The van der Waals surface area contributed by atoms with Gasteiger partial charge in [-0.25, -0.2) is 0 Å². The van der Waals surface area contributed by atoms with Gasteiger partial charge in [0.15, 0.2) is 11.6 Å². The van der Waals surface area contributed by atoms with Crippen molar-refractivity contribution in [3.63, 3.8) is 0 Å². The number of thioether (sulfide) groups is 2. The number of carbonyl (C=O) groups is 2. The Kier molecular flexibility index (Phi) is 16.3. The maximum absolute atomic E-state index is 13.1. The number of unbranched alkanes of at least 4 members (excludes halogenated alkanes) is 1. The molecule has 10 rings (SSSR count). The summed E-state index contributed by atoms with van der Waals surface area (Å²) in [7, 11) is -4.16. The second-order valence-electron chi connectivity index (χ2n) is 19.5. The molecule has 1 saturated carbocycles. The van der Waals surface area contributed by atoms with E-state index in [0.717, 1.165) is 27.3 Å². The predicted octanol–water partition coefficient (Wildman–Crippen LogP) is 12.7. The number of terminal acetylenes is 1. The predicted molar refractivity (Wildman–Crippen MR) is 293 cm³/mol. The van der Waals surface area contributed by atoms with E-state index in [0.29, 0.717) is 0 Å². The van der Waals surface area contributed by atoms with Crippen molar-refractivity contribution in [2.75, 3.05) is 0 Å². The molecule has 2 aromatic heterocycles. The molecule has 7 aromatic rings. The molecule has 4 heterocycles. The van der Waals surface area contributed by atoms with E-state index >= 15 is 0 Å². The normalized spacial score (nSPS) is 18.1. The fraction of sp³-hybridized carbons (Fsp3) is 0.291. The van der Waals surface area contributed by atoms with Gasteiger partial charge < -0.3 is 6.92 Å². The van der Waals surface area contributed by atoms with Crippen molar-refractivity contribution in [1.29, 1.82) is 0 Å². The summed E-state index contributed by atoms with van der Waals surface area (Å²) < 4.78 is 5.23. The molecule has 65 heavy (non-hydrogen) atoms. The van der Waals surface area contributed by atoms with Crippen molar-refractivity contribution >= 4 is 122 Å². The summed E-state index contributed by atoms with van der Waals surface area (Å²) in [5.74, 6) is 7.35. The van der Waals surface area contributed by atoms with Gasteiger partial charge in [-0.1, -0.05) is 157 Å². The molecule has 2 aliphatic heterocycles. The van der Waals surface area contributed by atoms with Crippen molar-refractivity contribution in [1.82, 2.24) is 0 Å². The zero-order valence-electron chi connectivity index (χ0n) is 39.7. The number of thiophene rings is 2. The standard InChI is InChI=1S/C28H26S2Si2.C18H12O2S2.C5H10Si.C4H9.Li/c1-31(2,3)17-15-21-25-19-11-7-9-13-23(19)30-28(25)22(16-18-32(4,5)6)26-20-12-8-10-14-24(20)29-27(21)26;19-15-13-9-5-1-3-7-11(9)21-17(13)16(20)14-10-6-2-4-8-12(10)22-18(14)15;1-5-6(2,3)4;1-3-4-2;/h7-14H,1-6H3;1-8,13-14,17-18H;1H,2-4H3;1,3-4H2,2H3;/q;;;-1;+1. The first-order valence-corrected chi connectivity index (χ1v) is 36.0. The van der Waals surface area contributed by atoms with Gasteiger partial charge in [0, 0.05) is 40.7 Å². The zero-order valence-corrected chi connectivity index (χ0v) is 46.0. The molecular formula is C55H57LiO2S4Si3. The van der Waals surface area contributed by atoms with E-state index in [-0.39, 0.29) is 52.8 Å². The van der Waals surface area contributed by atoms with E-state index in [2.05, 4.69) is 150 Å². The monoisotopic (exact) mass is 968 g/mol. The first-order valence-electron chi connectivity index (χ1n) is 22.1. The smallest absolute Gasteiger partial charge is 0.343 e. The number of hydrogen-bond acceptors (Lipinski definition) is 6. The van der Waals surface area contributed by atoms with Gasteiger partial charge in [-0.05, 0) is 35.4 Å². The van der Waals surface area contributed by atoms with Gasteiger partial charge in [0.05, 0.1) is 42.9 Å². The van der Waals surface area contributed by atoms with Crippen molar-refractivity contribution in [3.8, 4) is 34.9 Å². The Labute approximate surface area is 419 Å². The van der Waals surface area contributed by atoms with E-state index in [1.54, 1.807) is 23.5 Å². The molecule has 5 aromatic carbocycles. The van der Waals surface area contributed by atoms with Gasteiger partial charge in [-0.2, -0.15) is 6.42 Å². The fourth-order valence-corrected chi connectivity index (χ4v) is 14.0. The number of rotatable bonds is 1. The van der Waals surface area contributed by atoms with Gasteiger partial charge >= 0.3 is 18.9 Å². The Bertz CT molecular complexity index is 2900. The van der Waals surface area contributed by atoms with Crippen molar-refractivity contribution < 1.29 is 28.4 Å². The number of ketones is 2. The number of benzene rings is 5. The summed E-state index contributed by atoms with van der Waals surface area (Å²) in [6, 6.07) is 33.5. The van der Waals surface area contributed by atoms with Crippen LogP contribution in [0.5, 0.6) is 0 Å². The van der Waals surface area contributed by atoms with Crippen molar-refractivity contribution in [2.24, 2.45) is 0 Å². The van der Waals surface area contributed by atoms with E-state index in [1.807, 2.05) is 71.2 Å². The van der Waals surface area contributed by atoms with Crippen LogP contribution in [0.4, 0.5) is 0 Å². The number of carbonyl (C=O) groups excluding carboxylic acids is 2. The van der Waals surface area contributed by atoms with Gasteiger partial charge in [0.1, 0.15) is 24.2 Å². The average molecular weight is 970 g/mol. The minimum atomic E-state index is -1.53.